The zero-order valence-corrected chi connectivity index (χ0v) is 6.37. The molecule has 0 aromatic carbocycles. The summed E-state index contributed by atoms with van der Waals surface area (Å²) in [7, 11) is 0. The van der Waals surface area contributed by atoms with Gasteiger partial charge in [0.15, 0.2) is 0 Å². The van der Waals surface area contributed by atoms with Crippen molar-refractivity contribution in [3.8, 4) is 0 Å². The first-order chi connectivity index (χ1) is 4.33. The topological polar surface area (TPSA) is 26.0 Å². The third-order valence-corrected chi connectivity index (χ3v) is 2.13. The lowest BCUT2D eigenvalue weighted by Gasteiger charge is -1.87. The van der Waals surface area contributed by atoms with Crippen LogP contribution in [0.3, 0.4) is 0 Å². The Bertz CT molecular complexity index is 181. The van der Waals surface area contributed by atoms with Crippen molar-refractivity contribution in [3.05, 3.63) is 21.9 Å². The van der Waals surface area contributed by atoms with Gasteiger partial charge in [-0.1, -0.05) is 0 Å². The van der Waals surface area contributed by atoms with E-state index in [2.05, 4.69) is 18.4 Å². The fourth-order valence-electron chi connectivity index (χ4n) is 0.796. The highest BCUT2D eigenvalue weighted by molar-refractivity contribution is 7.10. The molecule has 50 valence electrons. The lowest BCUT2D eigenvalue weighted by atomic mass is 10.2. The van der Waals surface area contributed by atoms with Crippen LogP contribution < -0.4 is 5.73 Å². The highest BCUT2D eigenvalue weighted by Crippen LogP contribution is 2.12. The van der Waals surface area contributed by atoms with Gasteiger partial charge in [0, 0.05) is 4.88 Å². The standard InChI is InChI=1S/C7H11NS/c1-6-4-7(2-3-8)5-9-6/h4-5H,2-3,8H2,1H3. The summed E-state index contributed by atoms with van der Waals surface area (Å²) in [5.41, 5.74) is 6.75. The molecule has 1 rings (SSSR count). The molecule has 0 fully saturated rings. The molecule has 0 spiro atoms. The van der Waals surface area contributed by atoms with Gasteiger partial charge in [-0.2, -0.15) is 0 Å². The molecule has 0 saturated heterocycles. The fraction of sp³-hybridized carbons (Fsp3) is 0.429. The number of thiophene rings is 1. The van der Waals surface area contributed by atoms with E-state index in [-0.39, 0.29) is 0 Å². The van der Waals surface area contributed by atoms with Crippen molar-refractivity contribution >= 4 is 11.3 Å². The lowest BCUT2D eigenvalue weighted by molar-refractivity contribution is 0.973. The van der Waals surface area contributed by atoms with E-state index in [1.54, 1.807) is 11.3 Å². The molecule has 0 saturated carbocycles. The highest BCUT2D eigenvalue weighted by Gasteiger charge is 1.92. The van der Waals surface area contributed by atoms with E-state index >= 15 is 0 Å². The van der Waals surface area contributed by atoms with Gasteiger partial charge in [0.2, 0.25) is 0 Å². The second-order valence-corrected chi connectivity index (χ2v) is 3.22. The molecule has 0 aliphatic heterocycles. The molecule has 0 aliphatic carbocycles. The second kappa shape index (κ2) is 2.99. The van der Waals surface area contributed by atoms with Gasteiger partial charge in [0.05, 0.1) is 0 Å². The Kier molecular flexibility index (Phi) is 2.25. The van der Waals surface area contributed by atoms with Gasteiger partial charge in [-0.15, -0.1) is 11.3 Å². The molecule has 0 unspecified atom stereocenters. The maximum Gasteiger partial charge on any atom is 0.00170 e. The Morgan fingerprint density at radius 2 is 2.44 bits per heavy atom. The van der Waals surface area contributed by atoms with Gasteiger partial charge in [0.1, 0.15) is 0 Å². The molecule has 9 heavy (non-hydrogen) atoms. The predicted octanol–water partition coefficient (Wildman–Crippen LogP) is 1.56. The van der Waals surface area contributed by atoms with Crippen LogP contribution >= 0.6 is 11.3 Å². The third kappa shape index (κ3) is 1.80. The summed E-state index contributed by atoms with van der Waals surface area (Å²) in [6.45, 7) is 2.88. The van der Waals surface area contributed by atoms with Gasteiger partial charge in [0.25, 0.3) is 0 Å². The largest absolute Gasteiger partial charge is 0.330 e. The quantitative estimate of drug-likeness (QED) is 0.664. The molecular weight excluding hydrogens is 130 g/mol. The van der Waals surface area contributed by atoms with Gasteiger partial charge in [-0.05, 0) is 36.9 Å². The van der Waals surface area contributed by atoms with Crippen LogP contribution in [0.4, 0.5) is 0 Å². The van der Waals surface area contributed by atoms with Crippen molar-refractivity contribution in [2.75, 3.05) is 6.54 Å². The first-order valence-corrected chi connectivity index (χ1v) is 3.95. The van der Waals surface area contributed by atoms with E-state index in [1.165, 1.54) is 10.4 Å². The SMILES string of the molecule is Cc1cc(CCN)cs1. The van der Waals surface area contributed by atoms with E-state index in [4.69, 9.17) is 5.73 Å². The Labute approximate surface area is 59.5 Å². The average molecular weight is 141 g/mol. The van der Waals surface area contributed by atoms with Gasteiger partial charge in [-0.3, -0.25) is 0 Å². The van der Waals surface area contributed by atoms with Crippen molar-refractivity contribution < 1.29 is 0 Å². The third-order valence-electron chi connectivity index (χ3n) is 1.22. The van der Waals surface area contributed by atoms with Crippen LogP contribution in [0.1, 0.15) is 10.4 Å². The number of hydrogen-bond acceptors (Lipinski definition) is 2. The van der Waals surface area contributed by atoms with E-state index < -0.39 is 0 Å². The number of rotatable bonds is 2. The Morgan fingerprint density at radius 3 is 2.89 bits per heavy atom. The monoisotopic (exact) mass is 141 g/mol. The Balaban J connectivity index is 2.61. The van der Waals surface area contributed by atoms with Crippen LogP contribution in [0.2, 0.25) is 0 Å². The van der Waals surface area contributed by atoms with Crippen molar-refractivity contribution in [2.24, 2.45) is 5.73 Å². The van der Waals surface area contributed by atoms with Crippen molar-refractivity contribution in [2.45, 2.75) is 13.3 Å². The van der Waals surface area contributed by atoms with E-state index in [0.717, 1.165) is 13.0 Å². The van der Waals surface area contributed by atoms with E-state index in [0.29, 0.717) is 0 Å². The lowest BCUT2D eigenvalue weighted by Crippen LogP contribution is -2.01. The maximum atomic E-state index is 5.37. The minimum atomic E-state index is 0.760. The normalized spacial score (nSPS) is 10.0. The minimum Gasteiger partial charge on any atom is -0.330 e. The van der Waals surface area contributed by atoms with Crippen LogP contribution in [0.5, 0.6) is 0 Å². The van der Waals surface area contributed by atoms with Gasteiger partial charge >= 0.3 is 0 Å². The van der Waals surface area contributed by atoms with Gasteiger partial charge < -0.3 is 5.73 Å². The number of nitrogens with two attached hydrogens (primary N) is 1. The zero-order valence-electron chi connectivity index (χ0n) is 5.55. The Hall–Kier alpha value is -0.340. The van der Waals surface area contributed by atoms with Gasteiger partial charge in [-0.25, -0.2) is 0 Å². The first kappa shape index (κ1) is 6.78. The Morgan fingerprint density at radius 1 is 1.67 bits per heavy atom. The molecule has 2 N–H and O–H groups in total. The minimum absolute atomic E-state index is 0.760. The van der Waals surface area contributed by atoms with Crippen molar-refractivity contribution in [1.82, 2.24) is 0 Å². The fourth-order valence-corrected chi connectivity index (χ4v) is 1.54. The molecular formula is C7H11NS. The molecule has 0 amide bonds. The van der Waals surface area contributed by atoms with Crippen LogP contribution in [0, 0.1) is 6.92 Å². The summed E-state index contributed by atoms with van der Waals surface area (Å²) < 4.78 is 0. The van der Waals surface area contributed by atoms with Crippen LogP contribution in [-0.2, 0) is 6.42 Å². The molecule has 0 atom stereocenters. The average Bonchev–Trinajstić information content (AvgIpc) is 2.17. The molecule has 1 aromatic heterocycles. The molecule has 0 bridgehead atoms. The zero-order chi connectivity index (χ0) is 6.69. The summed E-state index contributed by atoms with van der Waals surface area (Å²) in [6.07, 6.45) is 1.02. The van der Waals surface area contributed by atoms with Crippen LogP contribution in [0.15, 0.2) is 11.4 Å². The summed E-state index contributed by atoms with van der Waals surface area (Å²) in [6, 6.07) is 2.19. The number of aryl methyl sites for hydroxylation is 1. The molecule has 1 heterocycles. The van der Waals surface area contributed by atoms with E-state index in [9.17, 15) is 0 Å². The summed E-state index contributed by atoms with van der Waals surface area (Å²) >= 11 is 1.79. The maximum absolute atomic E-state index is 5.37. The predicted molar refractivity (Wildman–Crippen MR) is 41.8 cm³/mol. The summed E-state index contributed by atoms with van der Waals surface area (Å²) in [5.74, 6) is 0. The smallest absolute Gasteiger partial charge is 0.00170 e. The number of hydrogen-bond donors (Lipinski definition) is 1. The van der Waals surface area contributed by atoms with Crippen LogP contribution in [-0.4, -0.2) is 6.54 Å². The molecule has 1 nitrogen and oxygen atoms in total. The highest BCUT2D eigenvalue weighted by atomic mass is 32.1. The first-order valence-electron chi connectivity index (χ1n) is 3.07. The van der Waals surface area contributed by atoms with Crippen LogP contribution in [0.25, 0.3) is 0 Å². The van der Waals surface area contributed by atoms with Crippen molar-refractivity contribution in [1.29, 1.82) is 0 Å². The molecule has 0 aliphatic rings. The molecule has 2 heteroatoms. The van der Waals surface area contributed by atoms with Crippen molar-refractivity contribution in [3.63, 3.8) is 0 Å². The second-order valence-electron chi connectivity index (χ2n) is 2.10. The molecule has 1 aromatic rings. The molecule has 0 radical (unpaired) electrons. The summed E-state index contributed by atoms with van der Waals surface area (Å²) in [4.78, 5) is 1.37. The summed E-state index contributed by atoms with van der Waals surface area (Å²) in [5, 5.41) is 2.17. The van der Waals surface area contributed by atoms with E-state index in [1.807, 2.05) is 0 Å².